The molecule has 92 valence electrons. The average Bonchev–Trinajstić information content (AvgIpc) is 2.32. The number of nitro groups is 1. The van der Waals surface area contributed by atoms with E-state index in [9.17, 15) is 14.5 Å². The van der Waals surface area contributed by atoms with Gasteiger partial charge in [-0.2, -0.15) is 4.39 Å². The van der Waals surface area contributed by atoms with Crippen LogP contribution in [0.25, 0.3) is 0 Å². The Morgan fingerprint density at radius 3 is 2.65 bits per heavy atom. The van der Waals surface area contributed by atoms with E-state index in [0.29, 0.717) is 11.7 Å². The van der Waals surface area contributed by atoms with Gasteiger partial charge in [-0.25, -0.2) is 0 Å². The summed E-state index contributed by atoms with van der Waals surface area (Å²) in [6.45, 7) is 0. The van der Waals surface area contributed by atoms with Gasteiger partial charge < -0.3 is 5.32 Å². The Morgan fingerprint density at radius 1 is 1.29 bits per heavy atom. The number of hydrogen-bond donors (Lipinski definition) is 1. The van der Waals surface area contributed by atoms with E-state index in [4.69, 9.17) is 0 Å². The Kier molecular flexibility index (Phi) is 3.56. The molecule has 0 aliphatic heterocycles. The third kappa shape index (κ3) is 2.93. The molecule has 0 radical (unpaired) electrons. The predicted octanol–water partition coefficient (Wildman–Crippen LogP) is 3.48. The van der Waals surface area contributed by atoms with E-state index in [1.807, 2.05) is 0 Å². The lowest BCUT2D eigenvalue weighted by atomic mass is 9.95. The number of nitrogens with one attached hydrogen (secondary N) is 1. The lowest BCUT2D eigenvalue weighted by molar-refractivity contribution is -0.387. The summed E-state index contributed by atoms with van der Waals surface area (Å²) in [6.07, 6.45) is 5.76. The third-order valence-electron chi connectivity index (χ3n) is 3.12. The zero-order valence-electron chi connectivity index (χ0n) is 9.49. The van der Waals surface area contributed by atoms with Crippen LogP contribution < -0.4 is 5.32 Å². The van der Waals surface area contributed by atoms with Crippen molar-refractivity contribution in [1.82, 2.24) is 0 Å². The van der Waals surface area contributed by atoms with E-state index in [2.05, 4.69) is 5.32 Å². The monoisotopic (exact) mass is 238 g/mol. The van der Waals surface area contributed by atoms with Crippen LogP contribution in [-0.4, -0.2) is 11.0 Å². The molecule has 0 heterocycles. The molecule has 0 bridgehead atoms. The Morgan fingerprint density at radius 2 is 2.00 bits per heavy atom. The lowest BCUT2D eigenvalue weighted by Gasteiger charge is -2.23. The molecule has 0 unspecified atom stereocenters. The molecule has 0 saturated heterocycles. The fourth-order valence-corrected chi connectivity index (χ4v) is 2.22. The van der Waals surface area contributed by atoms with Crippen LogP contribution in [-0.2, 0) is 0 Å². The maximum absolute atomic E-state index is 13.1. The highest BCUT2D eigenvalue weighted by atomic mass is 19.1. The van der Waals surface area contributed by atoms with Crippen LogP contribution in [0.1, 0.15) is 32.1 Å². The van der Waals surface area contributed by atoms with Crippen molar-refractivity contribution < 1.29 is 9.31 Å². The van der Waals surface area contributed by atoms with Crippen molar-refractivity contribution in [2.45, 2.75) is 38.1 Å². The van der Waals surface area contributed by atoms with Crippen molar-refractivity contribution in [1.29, 1.82) is 0 Å². The molecule has 17 heavy (non-hydrogen) atoms. The van der Waals surface area contributed by atoms with E-state index < -0.39 is 16.4 Å². The van der Waals surface area contributed by atoms with Crippen molar-refractivity contribution in [3.63, 3.8) is 0 Å². The number of halogens is 1. The number of nitrogens with zero attached hydrogens (tertiary/aromatic N) is 1. The molecular formula is C12H15FN2O2. The van der Waals surface area contributed by atoms with E-state index in [1.165, 1.54) is 25.3 Å². The Labute approximate surface area is 99.0 Å². The highest BCUT2D eigenvalue weighted by Gasteiger charge is 2.17. The summed E-state index contributed by atoms with van der Waals surface area (Å²) in [5.41, 5.74) is 0.163. The van der Waals surface area contributed by atoms with Crippen molar-refractivity contribution in [3.05, 3.63) is 34.1 Å². The molecule has 1 aromatic carbocycles. The minimum Gasteiger partial charge on any atom is -0.382 e. The van der Waals surface area contributed by atoms with Crippen LogP contribution in [0.5, 0.6) is 0 Å². The largest absolute Gasteiger partial charge is 0.382 e. The van der Waals surface area contributed by atoms with Crippen LogP contribution in [0.15, 0.2) is 18.2 Å². The number of hydrogen-bond acceptors (Lipinski definition) is 3. The molecule has 1 aliphatic carbocycles. The number of benzene rings is 1. The Balaban J connectivity index is 2.10. The van der Waals surface area contributed by atoms with Gasteiger partial charge in [0.2, 0.25) is 5.82 Å². The van der Waals surface area contributed by atoms with Gasteiger partial charge in [-0.1, -0.05) is 19.3 Å². The first kappa shape index (κ1) is 11.8. The maximum Gasteiger partial charge on any atom is 0.306 e. The maximum atomic E-state index is 13.1. The van der Waals surface area contributed by atoms with Gasteiger partial charge in [-0.3, -0.25) is 10.1 Å². The first-order chi connectivity index (χ1) is 8.16. The molecule has 1 aliphatic rings. The molecule has 1 fully saturated rings. The van der Waals surface area contributed by atoms with Crippen LogP contribution in [0.4, 0.5) is 15.8 Å². The fraction of sp³-hybridized carbons (Fsp3) is 0.500. The number of nitro benzene ring substituents is 1. The summed E-state index contributed by atoms with van der Waals surface area (Å²) in [4.78, 5) is 9.91. The second-order valence-corrected chi connectivity index (χ2v) is 4.40. The summed E-state index contributed by atoms with van der Waals surface area (Å²) >= 11 is 0. The molecule has 4 nitrogen and oxygen atoms in total. The average molecular weight is 238 g/mol. The van der Waals surface area contributed by atoms with Crippen LogP contribution in [0, 0.1) is 15.9 Å². The van der Waals surface area contributed by atoms with Crippen LogP contribution in [0.2, 0.25) is 0 Å². The van der Waals surface area contributed by atoms with E-state index >= 15 is 0 Å². The van der Waals surface area contributed by atoms with E-state index in [-0.39, 0.29) is 0 Å². The topological polar surface area (TPSA) is 55.2 Å². The highest BCUT2D eigenvalue weighted by molar-refractivity contribution is 5.52. The standard InChI is InChI=1S/C12H15FN2O2/c13-11-7-6-10(8-12(11)15(16)17)14-9-4-2-1-3-5-9/h6-9,14H,1-5H2. The quantitative estimate of drug-likeness (QED) is 0.648. The lowest BCUT2D eigenvalue weighted by Crippen LogP contribution is -2.22. The molecule has 2 rings (SSSR count). The first-order valence-corrected chi connectivity index (χ1v) is 5.87. The fourth-order valence-electron chi connectivity index (χ4n) is 2.22. The van der Waals surface area contributed by atoms with Gasteiger partial charge in [0.05, 0.1) is 4.92 Å². The molecule has 0 aromatic heterocycles. The number of anilines is 1. The van der Waals surface area contributed by atoms with Gasteiger partial charge >= 0.3 is 5.69 Å². The van der Waals surface area contributed by atoms with Crippen molar-refractivity contribution in [2.24, 2.45) is 0 Å². The molecule has 1 saturated carbocycles. The molecule has 0 amide bonds. The second kappa shape index (κ2) is 5.12. The molecule has 1 N–H and O–H groups in total. The smallest absolute Gasteiger partial charge is 0.306 e. The SMILES string of the molecule is O=[N+]([O-])c1cc(NC2CCCCC2)ccc1F. The van der Waals surface area contributed by atoms with Crippen molar-refractivity contribution in [3.8, 4) is 0 Å². The van der Waals surface area contributed by atoms with Gasteiger partial charge in [0.1, 0.15) is 0 Å². The highest BCUT2D eigenvalue weighted by Crippen LogP contribution is 2.25. The van der Waals surface area contributed by atoms with Gasteiger partial charge in [-0.05, 0) is 25.0 Å². The normalized spacial score (nSPS) is 16.8. The predicted molar refractivity (Wildman–Crippen MR) is 63.6 cm³/mol. The van der Waals surface area contributed by atoms with E-state index in [0.717, 1.165) is 18.9 Å². The van der Waals surface area contributed by atoms with Crippen molar-refractivity contribution in [2.75, 3.05) is 5.32 Å². The Hall–Kier alpha value is -1.65. The minimum absolute atomic E-state index is 0.355. The molecular weight excluding hydrogens is 223 g/mol. The molecule has 1 aromatic rings. The third-order valence-corrected chi connectivity index (χ3v) is 3.12. The molecule has 0 atom stereocenters. The minimum atomic E-state index is -0.788. The van der Waals surface area contributed by atoms with Gasteiger partial charge in [-0.15, -0.1) is 0 Å². The zero-order valence-corrected chi connectivity index (χ0v) is 9.49. The summed E-state index contributed by atoms with van der Waals surface area (Å²) in [5.74, 6) is -0.788. The summed E-state index contributed by atoms with van der Waals surface area (Å²) in [7, 11) is 0. The van der Waals surface area contributed by atoms with Crippen LogP contribution >= 0.6 is 0 Å². The Bertz CT molecular complexity index is 417. The number of rotatable bonds is 3. The van der Waals surface area contributed by atoms with Gasteiger partial charge in [0.15, 0.2) is 0 Å². The van der Waals surface area contributed by atoms with E-state index in [1.54, 1.807) is 6.07 Å². The summed E-state index contributed by atoms with van der Waals surface area (Å²) in [6, 6.07) is 4.32. The van der Waals surface area contributed by atoms with Crippen LogP contribution in [0.3, 0.4) is 0 Å². The molecule has 0 spiro atoms. The van der Waals surface area contributed by atoms with Gasteiger partial charge in [0.25, 0.3) is 0 Å². The van der Waals surface area contributed by atoms with Gasteiger partial charge in [0, 0.05) is 17.8 Å². The zero-order chi connectivity index (χ0) is 12.3. The van der Waals surface area contributed by atoms with Crippen molar-refractivity contribution >= 4 is 11.4 Å². The summed E-state index contributed by atoms with van der Waals surface area (Å²) in [5, 5.41) is 13.8. The second-order valence-electron chi connectivity index (χ2n) is 4.40. The first-order valence-electron chi connectivity index (χ1n) is 5.87. The molecule has 5 heteroatoms. The summed E-state index contributed by atoms with van der Waals surface area (Å²) < 4.78 is 13.1.